The van der Waals surface area contributed by atoms with Crippen molar-refractivity contribution in [2.75, 3.05) is 44.7 Å². The van der Waals surface area contributed by atoms with Gasteiger partial charge in [0.25, 0.3) is 0 Å². The van der Waals surface area contributed by atoms with E-state index >= 15 is 0 Å². The monoisotopic (exact) mass is 355 g/mol. The summed E-state index contributed by atoms with van der Waals surface area (Å²) in [6.07, 6.45) is 4.16. The molecule has 9 nitrogen and oxygen atoms in total. The van der Waals surface area contributed by atoms with Crippen molar-refractivity contribution >= 4 is 21.7 Å². The molecule has 0 aromatic carbocycles. The van der Waals surface area contributed by atoms with Gasteiger partial charge >= 0.3 is 6.03 Å². The maximum atomic E-state index is 12.8. The first-order valence-electron chi connectivity index (χ1n) is 7.97. The molecular formula is C14H21N5O4S. The number of anilines is 1. The third kappa shape index (κ3) is 3.82. The van der Waals surface area contributed by atoms with Crippen LogP contribution < -0.4 is 5.32 Å². The molecule has 1 atom stereocenters. The lowest BCUT2D eigenvalue weighted by atomic mass is 10.1. The largest absolute Gasteiger partial charge is 0.379 e. The van der Waals surface area contributed by atoms with E-state index in [1.807, 2.05) is 0 Å². The van der Waals surface area contributed by atoms with Crippen molar-refractivity contribution in [2.24, 2.45) is 0 Å². The van der Waals surface area contributed by atoms with Crippen LogP contribution in [0.3, 0.4) is 0 Å². The molecule has 1 aromatic rings. The Morgan fingerprint density at radius 3 is 2.75 bits per heavy atom. The summed E-state index contributed by atoms with van der Waals surface area (Å²) in [5.41, 5.74) is 0.535. The van der Waals surface area contributed by atoms with Gasteiger partial charge < -0.3 is 15.0 Å². The molecule has 2 fully saturated rings. The normalized spacial score (nSPS) is 23.0. The zero-order valence-electron chi connectivity index (χ0n) is 13.3. The number of nitrogens with zero attached hydrogens (tertiary/aromatic N) is 4. The van der Waals surface area contributed by atoms with Gasteiger partial charge in [0.15, 0.2) is 0 Å². The minimum atomic E-state index is -3.42. The predicted octanol–water partition coefficient (Wildman–Crippen LogP) is 0.135. The SMILES string of the molecule is O=C(Nc1ccnnc1)N1CCCC(S(=O)(=O)N2CCOCC2)C1. The molecule has 0 spiro atoms. The molecule has 24 heavy (non-hydrogen) atoms. The number of sulfonamides is 1. The van der Waals surface area contributed by atoms with Gasteiger partial charge in [0.1, 0.15) is 0 Å². The standard InChI is InChI=1S/C14H21N5O4S/c20-14(17-12-3-4-15-16-10-12)18-5-1-2-13(11-18)24(21,22)19-6-8-23-9-7-19/h3-4,10,13H,1-2,5-9,11H2,(H,15,17,20). The van der Waals surface area contributed by atoms with E-state index in [0.717, 1.165) is 0 Å². The van der Waals surface area contributed by atoms with Gasteiger partial charge in [0.05, 0.1) is 36.5 Å². The van der Waals surface area contributed by atoms with E-state index in [0.29, 0.717) is 51.4 Å². The van der Waals surface area contributed by atoms with Crippen LogP contribution in [-0.2, 0) is 14.8 Å². The van der Waals surface area contributed by atoms with Gasteiger partial charge in [-0.05, 0) is 18.9 Å². The molecule has 0 bridgehead atoms. The molecule has 2 aliphatic heterocycles. The highest BCUT2D eigenvalue weighted by Gasteiger charge is 2.37. The van der Waals surface area contributed by atoms with Crippen molar-refractivity contribution in [2.45, 2.75) is 18.1 Å². The van der Waals surface area contributed by atoms with Crippen LogP contribution >= 0.6 is 0 Å². The summed E-state index contributed by atoms with van der Waals surface area (Å²) in [6, 6.07) is 1.32. The molecule has 1 N–H and O–H groups in total. The highest BCUT2D eigenvalue weighted by Crippen LogP contribution is 2.22. The fourth-order valence-electron chi connectivity index (χ4n) is 2.94. The molecular weight excluding hydrogens is 334 g/mol. The highest BCUT2D eigenvalue weighted by molar-refractivity contribution is 7.89. The third-order valence-corrected chi connectivity index (χ3v) is 6.56. The van der Waals surface area contributed by atoms with E-state index in [2.05, 4.69) is 15.5 Å². The molecule has 1 unspecified atom stereocenters. The van der Waals surface area contributed by atoms with Crippen LogP contribution in [0.1, 0.15) is 12.8 Å². The number of carbonyl (C=O) groups is 1. The first-order valence-corrected chi connectivity index (χ1v) is 9.47. The minimum absolute atomic E-state index is 0.198. The second-order valence-corrected chi connectivity index (χ2v) is 8.04. The number of morpholine rings is 1. The Kier molecular flexibility index (Phi) is 5.27. The van der Waals surface area contributed by atoms with Gasteiger partial charge in [-0.2, -0.15) is 14.5 Å². The van der Waals surface area contributed by atoms with E-state index < -0.39 is 15.3 Å². The number of likely N-dealkylation sites (tertiary alicyclic amines) is 1. The fourth-order valence-corrected chi connectivity index (χ4v) is 4.86. The Balaban J connectivity index is 1.64. The molecule has 3 heterocycles. The maximum absolute atomic E-state index is 12.8. The summed E-state index contributed by atoms with van der Waals surface area (Å²) in [7, 11) is -3.42. The lowest BCUT2D eigenvalue weighted by molar-refractivity contribution is 0.0721. The molecule has 10 heteroatoms. The van der Waals surface area contributed by atoms with Crippen LogP contribution in [0.4, 0.5) is 10.5 Å². The number of nitrogens with one attached hydrogen (secondary N) is 1. The molecule has 3 rings (SSSR count). The van der Waals surface area contributed by atoms with Gasteiger partial charge in [-0.1, -0.05) is 0 Å². The van der Waals surface area contributed by atoms with Crippen molar-refractivity contribution in [1.82, 2.24) is 19.4 Å². The van der Waals surface area contributed by atoms with E-state index in [-0.39, 0.29) is 12.6 Å². The van der Waals surface area contributed by atoms with E-state index in [1.165, 1.54) is 16.7 Å². The first kappa shape index (κ1) is 17.1. The van der Waals surface area contributed by atoms with E-state index in [4.69, 9.17) is 4.74 Å². The number of urea groups is 1. The van der Waals surface area contributed by atoms with Crippen LogP contribution in [-0.4, -0.2) is 78.5 Å². The fraction of sp³-hybridized carbons (Fsp3) is 0.643. The summed E-state index contributed by atoms with van der Waals surface area (Å²) in [5.74, 6) is 0. The van der Waals surface area contributed by atoms with Crippen LogP contribution in [0.5, 0.6) is 0 Å². The zero-order valence-corrected chi connectivity index (χ0v) is 14.1. The molecule has 0 radical (unpaired) electrons. The second kappa shape index (κ2) is 7.41. The minimum Gasteiger partial charge on any atom is -0.379 e. The van der Waals surface area contributed by atoms with Crippen molar-refractivity contribution in [1.29, 1.82) is 0 Å². The number of rotatable bonds is 3. The van der Waals surface area contributed by atoms with Gasteiger partial charge in [-0.3, -0.25) is 0 Å². The van der Waals surface area contributed by atoms with Crippen molar-refractivity contribution in [3.8, 4) is 0 Å². The Bertz CT molecular complexity index is 663. The third-order valence-electron chi connectivity index (χ3n) is 4.25. The molecule has 1 aromatic heterocycles. The summed E-state index contributed by atoms with van der Waals surface area (Å²) >= 11 is 0. The Hall–Kier alpha value is -1.78. The Morgan fingerprint density at radius 2 is 2.04 bits per heavy atom. The zero-order chi connectivity index (χ0) is 17.0. The molecule has 2 saturated heterocycles. The van der Waals surface area contributed by atoms with Crippen LogP contribution in [0.25, 0.3) is 0 Å². The Morgan fingerprint density at radius 1 is 1.25 bits per heavy atom. The summed E-state index contributed by atoms with van der Waals surface area (Å²) in [4.78, 5) is 13.9. The molecule has 0 saturated carbocycles. The van der Waals surface area contributed by atoms with Gasteiger partial charge in [0.2, 0.25) is 10.0 Å². The molecule has 132 valence electrons. The number of amides is 2. The van der Waals surface area contributed by atoms with E-state index in [1.54, 1.807) is 11.0 Å². The van der Waals surface area contributed by atoms with Crippen molar-refractivity contribution in [3.63, 3.8) is 0 Å². The first-order chi connectivity index (χ1) is 11.6. The lowest BCUT2D eigenvalue weighted by Crippen LogP contribution is -2.52. The van der Waals surface area contributed by atoms with Crippen molar-refractivity contribution in [3.05, 3.63) is 18.5 Å². The predicted molar refractivity (Wildman–Crippen MR) is 87.0 cm³/mol. The number of carbonyl (C=O) groups excluding carboxylic acids is 1. The smallest absolute Gasteiger partial charge is 0.321 e. The number of ether oxygens (including phenoxy) is 1. The van der Waals surface area contributed by atoms with Gasteiger partial charge in [0, 0.05) is 26.2 Å². The Labute approximate surface area is 141 Å². The second-order valence-electron chi connectivity index (χ2n) is 5.83. The van der Waals surface area contributed by atoms with E-state index in [9.17, 15) is 13.2 Å². The summed E-state index contributed by atoms with van der Waals surface area (Å²) < 4.78 is 32.2. The molecule has 2 amide bonds. The molecule has 2 aliphatic rings. The lowest BCUT2D eigenvalue weighted by Gasteiger charge is -2.36. The van der Waals surface area contributed by atoms with Crippen LogP contribution in [0.2, 0.25) is 0 Å². The summed E-state index contributed by atoms with van der Waals surface area (Å²) in [5, 5.41) is 9.51. The van der Waals surface area contributed by atoms with Gasteiger partial charge in [-0.15, -0.1) is 0 Å². The van der Waals surface area contributed by atoms with Crippen LogP contribution in [0.15, 0.2) is 18.5 Å². The number of hydrogen-bond acceptors (Lipinski definition) is 6. The topological polar surface area (TPSA) is 105 Å². The van der Waals surface area contributed by atoms with Crippen molar-refractivity contribution < 1.29 is 17.9 Å². The number of aromatic nitrogens is 2. The quantitative estimate of drug-likeness (QED) is 0.827. The number of piperidine rings is 1. The maximum Gasteiger partial charge on any atom is 0.321 e. The molecule has 0 aliphatic carbocycles. The average Bonchev–Trinajstić information content (AvgIpc) is 2.63. The highest BCUT2D eigenvalue weighted by atomic mass is 32.2. The van der Waals surface area contributed by atoms with Crippen LogP contribution in [0, 0.1) is 0 Å². The van der Waals surface area contributed by atoms with Gasteiger partial charge in [-0.25, -0.2) is 13.2 Å². The average molecular weight is 355 g/mol. The number of hydrogen-bond donors (Lipinski definition) is 1. The summed E-state index contributed by atoms with van der Waals surface area (Å²) in [6.45, 7) is 2.35.